The number of aryl methyl sites for hydroxylation is 1. The first-order chi connectivity index (χ1) is 22.4. The summed E-state index contributed by atoms with van der Waals surface area (Å²) in [5.41, 5.74) is 10.2. The lowest BCUT2D eigenvalue weighted by molar-refractivity contribution is -0.274. The minimum Gasteiger partial charge on any atom is -0.489 e. The van der Waals surface area contributed by atoms with Crippen LogP contribution in [0.3, 0.4) is 0 Å². The molecule has 3 aliphatic rings. The number of fused-ring (bicyclic) bond motifs is 3. The van der Waals surface area contributed by atoms with Gasteiger partial charge in [0, 0.05) is 43.9 Å². The maximum atomic E-state index is 12.4. The Hall–Kier alpha value is -4.10. The van der Waals surface area contributed by atoms with Gasteiger partial charge < -0.3 is 30.0 Å². The number of aromatic nitrogens is 2. The summed E-state index contributed by atoms with van der Waals surface area (Å²) in [7, 11) is 0. The second-order valence-electron chi connectivity index (χ2n) is 13.0. The molecule has 1 aliphatic heterocycles. The fraction of sp³-hybridized carbons (Fsp3) is 0.500. The first-order valence-electron chi connectivity index (χ1n) is 15.9. The molecule has 47 heavy (non-hydrogen) atoms. The Balaban J connectivity index is 1.02. The van der Waals surface area contributed by atoms with E-state index in [1.165, 1.54) is 12.1 Å². The van der Waals surface area contributed by atoms with Crippen LogP contribution in [-0.4, -0.2) is 77.7 Å². The molecule has 13 heteroatoms. The second-order valence-corrected chi connectivity index (χ2v) is 13.0. The highest BCUT2D eigenvalue weighted by Crippen LogP contribution is 2.43. The van der Waals surface area contributed by atoms with E-state index in [4.69, 9.17) is 15.2 Å². The molecule has 3 N–H and O–H groups in total. The molecule has 2 heterocycles. The van der Waals surface area contributed by atoms with E-state index < -0.39 is 17.7 Å². The van der Waals surface area contributed by atoms with Crippen molar-refractivity contribution in [3.8, 4) is 22.8 Å². The zero-order valence-electron chi connectivity index (χ0n) is 26.6. The smallest absolute Gasteiger partial charge is 0.489 e. The molecule has 1 saturated carbocycles. The fourth-order valence-electron chi connectivity index (χ4n) is 6.51. The number of anilines is 2. The van der Waals surface area contributed by atoms with Crippen LogP contribution >= 0.6 is 0 Å². The van der Waals surface area contributed by atoms with Gasteiger partial charge in [-0.15, -0.1) is 13.2 Å². The number of alkyl halides is 3. The molecule has 0 bridgehead atoms. The number of aliphatic carboxylic acids is 1. The van der Waals surface area contributed by atoms with Gasteiger partial charge in [0.25, 0.3) is 0 Å². The van der Waals surface area contributed by atoms with Crippen molar-refractivity contribution < 1.29 is 37.3 Å². The molecule has 2 aromatic carbocycles. The molecular weight excluding hydrogens is 615 g/mol. The number of ether oxygens (including phenoxy) is 3. The third kappa shape index (κ3) is 7.57. The van der Waals surface area contributed by atoms with Crippen molar-refractivity contribution in [2.24, 2.45) is 11.3 Å². The van der Waals surface area contributed by atoms with Crippen molar-refractivity contribution in [3.05, 3.63) is 59.2 Å². The standard InChI is InChI=1S/C34H40F3N5O5/c1-33(2,31(43)44)23-18-26(19-23)45-16-15-41-11-13-42(14-12-41)30-28-9-5-22-17-25(8-10-27(22)29(28)39-32(38)40-30)46-20-21-3-6-24(7-4-21)47-34(35,36)37/h3-4,6-8,10,17,23,26H,5,9,11-16,18-20H2,1-2H3,(H,43,44)(H2,38,39,40)/t23-,26-. The molecule has 0 amide bonds. The number of hydrogen-bond acceptors (Lipinski definition) is 9. The molecule has 0 spiro atoms. The third-order valence-electron chi connectivity index (χ3n) is 9.64. The molecule has 0 radical (unpaired) electrons. The van der Waals surface area contributed by atoms with Crippen LogP contribution in [0.15, 0.2) is 42.5 Å². The highest BCUT2D eigenvalue weighted by molar-refractivity contribution is 5.76. The van der Waals surface area contributed by atoms with E-state index in [1.54, 1.807) is 26.0 Å². The van der Waals surface area contributed by atoms with E-state index >= 15 is 0 Å². The first-order valence-corrected chi connectivity index (χ1v) is 15.9. The number of nitrogens with two attached hydrogens (primary N) is 1. The molecule has 2 fully saturated rings. The topological polar surface area (TPSA) is 123 Å². The summed E-state index contributed by atoms with van der Waals surface area (Å²) in [6.07, 6.45) is -1.45. The molecule has 3 aromatic rings. The number of hydrogen-bond donors (Lipinski definition) is 2. The summed E-state index contributed by atoms with van der Waals surface area (Å²) in [6, 6.07) is 11.4. The molecule has 0 atom stereocenters. The fourth-order valence-corrected chi connectivity index (χ4v) is 6.51. The lowest BCUT2D eigenvalue weighted by Gasteiger charge is -2.43. The SMILES string of the molecule is CC(C)(C(=O)O)[C@H]1C[C@H](OCCN2CCN(c3nc(N)nc4c3CCc3cc(OCc5ccc(OC(F)(F)F)cc5)ccc3-4)CC2)C1. The van der Waals surface area contributed by atoms with E-state index in [1.807, 2.05) is 18.2 Å². The Labute approximate surface area is 271 Å². The van der Waals surface area contributed by atoms with Gasteiger partial charge in [0.05, 0.1) is 23.8 Å². The molecular formula is C34H40F3N5O5. The quantitative estimate of drug-likeness (QED) is 0.280. The average molecular weight is 656 g/mol. The Morgan fingerprint density at radius 3 is 2.38 bits per heavy atom. The van der Waals surface area contributed by atoms with Crippen LogP contribution in [0.4, 0.5) is 24.9 Å². The number of carboxylic acids is 1. The number of benzene rings is 2. The minimum absolute atomic E-state index is 0.142. The van der Waals surface area contributed by atoms with Crippen molar-refractivity contribution in [1.29, 1.82) is 0 Å². The second kappa shape index (κ2) is 13.2. The van der Waals surface area contributed by atoms with Crippen LogP contribution in [0.2, 0.25) is 0 Å². The van der Waals surface area contributed by atoms with Gasteiger partial charge in [-0.2, -0.15) is 4.98 Å². The molecule has 10 nitrogen and oxygen atoms in total. The predicted octanol–water partition coefficient (Wildman–Crippen LogP) is 5.33. The molecule has 6 rings (SSSR count). The third-order valence-corrected chi connectivity index (χ3v) is 9.64. The van der Waals surface area contributed by atoms with Gasteiger partial charge in [0.2, 0.25) is 5.95 Å². The van der Waals surface area contributed by atoms with Crippen molar-refractivity contribution >= 4 is 17.7 Å². The Bertz CT molecular complexity index is 1590. The van der Waals surface area contributed by atoms with Gasteiger partial charge in [-0.05, 0) is 86.9 Å². The number of carboxylic acid groups (broad SMARTS) is 1. The number of halogens is 3. The van der Waals surface area contributed by atoms with Crippen molar-refractivity contribution in [2.45, 2.75) is 58.6 Å². The molecule has 0 unspecified atom stereocenters. The number of carbonyl (C=O) groups is 1. The Kier molecular flexibility index (Phi) is 9.21. The molecule has 252 valence electrons. The Morgan fingerprint density at radius 1 is 1.00 bits per heavy atom. The number of nitrogens with zero attached hydrogens (tertiary/aromatic N) is 4. The summed E-state index contributed by atoms with van der Waals surface area (Å²) >= 11 is 0. The van der Waals surface area contributed by atoms with E-state index in [-0.39, 0.29) is 30.3 Å². The minimum atomic E-state index is -4.73. The number of rotatable bonds is 11. The van der Waals surface area contributed by atoms with Crippen LogP contribution < -0.4 is 20.1 Å². The van der Waals surface area contributed by atoms with E-state index in [9.17, 15) is 23.1 Å². The highest BCUT2D eigenvalue weighted by Gasteiger charge is 2.45. The van der Waals surface area contributed by atoms with Crippen LogP contribution in [0.5, 0.6) is 11.5 Å². The van der Waals surface area contributed by atoms with E-state index in [2.05, 4.69) is 24.5 Å². The van der Waals surface area contributed by atoms with E-state index in [0.717, 1.165) is 86.6 Å². The largest absolute Gasteiger partial charge is 0.573 e. The highest BCUT2D eigenvalue weighted by atomic mass is 19.4. The zero-order chi connectivity index (χ0) is 33.3. The normalized spacial score (nSPS) is 19.8. The summed E-state index contributed by atoms with van der Waals surface area (Å²) in [4.78, 5) is 25.4. The average Bonchev–Trinajstić information content (AvgIpc) is 3.00. The van der Waals surface area contributed by atoms with Crippen LogP contribution in [0, 0.1) is 11.3 Å². The maximum absolute atomic E-state index is 12.4. The van der Waals surface area contributed by atoms with Crippen LogP contribution in [-0.2, 0) is 29.0 Å². The summed E-state index contributed by atoms with van der Waals surface area (Å²) in [5.74, 6) is 0.905. The number of nitrogen functional groups attached to an aromatic ring is 1. The van der Waals surface area contributed by atoms with Gasteiger partial charge in [0.1, 0.15) is 23.9 Å². The van der Waals surface area contributed by atoms with Gasteiger partial charge in [-0.25, -0.2) is 4.98 Å². The van der Waals surface area contributed by atoms with Crippen molar-refractivity contribution in [1.82, 2.24) is 14.9 Å². The van der Waals surface area contributed by atoms with Gasteiger partial charge >= 0.3 is 12.3 Å². The van der Waals surface area contributed by atoms with Crippen molar-refractivity contribution in [2.75, 3.05) is 50.0 Å². The summed E-state index contributed by atoms with van der Waals surface area (Å²) in [5, 5.41) is 9.43. The van der Waals surface area contributed by atoms with Gasteiger partial charge in [-0.1, -0.05) is 12.1 Å². The van der Waals surface area contributed by atoms with Crippen LogP contribution in [0.25, 0.3) is 11.3 Å². The molecule has 1 aromatic heterocycles. The predicted molar refractivity (Wildman–Crippen MR) is 169 cm³/mol. The summed E-state index contributed by atoms with van der Waals surface area (Å²) in [6.45, 7) is 8.61. The lowest BCUT2D eigenvalue weighted by atomic mass is 9.66. The Morgan fingerprint density at radius 2 is 1.70 bits per heavy atom. The lowest BCUT2D eigenvalue weighted by Crippen LogP contribution is -2.49. The summed E-state index contributed by atoms with van der Waals surface area (Å²) < 4.78 is 53.2. The van der Waals surface area contributed by atoms with Crippen molar-refractivity contribution in [3.63, 3.8) is 0 Å². The number of piperazine rings is 1. The molecule has 2 aliphatic carbocycles. The maximum Gasteiger partial charge on any atom is 0.573 e. The molecule has 1 saturated heterocycles. The van der Waals surface area contributed by atoms with Gasteiger partial charge in [-0.3, -0.25) is 9.69 Å². The zero-order valence-corrected chi connectivity index (χ0v) is 26.6. The van der Waals surface area contributed by atoms with Crippen LogP contribution in [0.1, 0.15) is 43.4 Å². The van der Waals surface area contributed by atoms with E-state index in [0.29, 0.717) is 17.9 Å². The van der Waals surface area contributed by atoms with Gasteiger partial charge in [0.15, 0.2) is 0 Å². The first kappa shape index (κ1) is 32.8. The monoisotopic (exact) mass is 655 g/mol.